The Hall–Kier alpha value is -5.83. The van der Waals surface area contributed by atoms with Crippen LogP contribution in [-0.4, -0.2) is 38.5 Å². The number of hydrogen-bond donors (Lipinski definition) is 0. The number of thiazole rings is 1. The van der Waals surface area contributed by atoms with Gasteiger partial charge >= 0.3 is 5.97 Å². The fourth-order valence-corrected chi connectivity index (χ4v) is 7.00. The van der Waals surface area contributed by atoms with Crippen molar-refractivity contribution < 1.29 is 28.5 Å². The molecule has 6 rings (SSSR count). The second-order valence-electron chi connectivity index (χ2n) is 11.2. The van der Waals surface area contributed by atoms with Gasteiger partial charge in [0.15, 0.2) is 27.8 Å². The maximum atomic E-state index is 14.4. The third kappa shape index (κ3) is 7.10. The van der Waals surface area contributed by atoms with Gasteiger partial charge in [0.25, 0.3) is 5.56 Å². The molecule has 5 aromatic rings. The van der Waals surface area contributed by atoms with Crippen molar-refractivity contribution in [3.8, 4) is 29.1 Å². The number of hydrogen-bond acceptors (Lipinski definition) is 10. The highest BCUT2D eigenvalue weighted by molar-refractivity contribution is 7.07. The van der Waals surface area contributed by atoms with Gasteiger partial charge in [-0.25, -0.2) is 9.79 Å². The van der Waals surface area contributed by atoms with Crippen LogP contribution in [0.3, 0.4) is 0 Å². The Bertz CT molecular complexity index is 2360. The van der Waals surface area contributed by atoms with Gasteiger partial charge < -0.3 is 23.7 Å². The molecule has 0 N–H and O–H groups in total. The topological polar surface area (TPSA) is 121 Å². The number of carbonyl (C=O) groups is 1. The molecule has 51 heavy (non-hydrogen) atoms. The highest BCUT2D eigenvalue weighted by atomic mass is 35.5. The highest BCUT2D eigenvalue weighted by Gasteiger charge is 2.35. The van der Waals surface area contributed by atoms with Gasteiger partial charge in [-0.05, 0) is 66.1 Å². The summed E-state index contributed by atoms with van der Waals surface area (Å²) in [6.45, 7) is 2.05. The van der Waals surface area contributed by atoms with Crippen molar-refractivity contribution in [2.24, 2.45) is 4.99 Å². The fraction of sp³-hybridized carbons (Fsp3) is 0.179. The van der Waals surface area contributed by atoms with Gasteiger partial charge in [0.2, 0.25) is 0 Å². The van der Waals surface area contributed by atoms with Crippen LogP contribution in [0.5, 0.6) is 23.0 Å². The first-order valence-electron chi connectivity index (χ1n) is 15.8. The van der Waals surface area contributed by atoms with Gasteiger partial charge in [0.1, 0.15) is 6.61 Å². The summed E-state index contributed by atoms with van der Waals surface area (Å²) in [6, 6.07) is 26.2. The summed E-state index contributed by atoms with van der Waals surface area (Å²) in [5.41, 5.74) is 3.51. The highest BCUT2D eigenvalue weighted by Crippen LogP contribution is 2.39. The molecular formula is C39H32ClN3O7S. The summed E-state index contributed by atoms with van der Waals surface area (Å²) >= 11 is 7.90. The van der Waals surface area contributed by atoms with Crippen molar-refractivity contribution >= 4 is 40.7 Å². The molecule has 0 spiro atoms. The smallest absolute Gasteiger partial charge is 0.338 e. The molecule has 1 aliphatic rings. The van der Waals surface area contributed by atoms with Gasteiger partial charge in [0.05, 0.1) is 66.4 Å². The zero-order valence-electron chi connectivity index (χ0n) is 28.1. The van der Waals surface area contributed by atoms with E-state index in [0.717, 1.165) is 5.56 Å². The minimum Gasteiger partial charge on any atom is -0.493 e. The van der Waals surface area contributed by atoms with Crippen LogP contribution in [0.4, 0.5) is 0 Å². The van der Waals surface area contributed by atoms with E-state index >= 15 is 0 Å². The molecule has 0 saturated carbocycles. The van der Waals surface area contributed by atoms with E-state index in [2.05, 4.69) is 6.07 Å². The number of carbonyl (C=O) groups excluding carboxylic acids is 1. The molecule has 2 heterocycles. The van der Waals surface area contributed by atoms with E-state index in [0.29, 0.717) is 60.3 Å². The lowest BCUT2D eigenvalue weighted by Gasteiger charge is -2.26. The third-order valence-electron chi connectivity index (χ3n) is 8.11. The Morgan fingerprint density at radius 1 is 0.961 bits per heavy atom. The Balaban J connectivity index is 1.50. The molecule has 1 aromatic heterocycles. The number of aromatic nitrogens is 1. The third-order valence-corrected chi connectivity index (χ3v) is 9.38. The van der Waals surface area contributed by atoms with Crippen LogP contribution < -0.4 is 33.8 Å². The number of methoxy groups -OCH3 is 3. The fourth-order valence-electron chi connectivity index (χ4n) is 5.72. The van der Waals surface area contributed by atoms with E-state index in [1.807, 2.05) is 30.3 Å². The number of benzene rings is 4. The number of esters is 1. The predicted molar refractivity (Wildman–Crippen MR) is 194 cm³/mol. The monoisotopic (exact) mass is 721 g/mol. The van der Waals surface area contributed by atoms with E-state index in [1.54, 1.807) is 67.6 Å². The number of halogens is 1. The zero-order chi connectivity index (χ0) is 36.1. The van der Waals surface area contributed by atoms with E-state index < -0.39 is 12.0 Å². The molecule has 1 atom stereocenters. The molecule has 0 bridgehead atoms. The number of ether oxygens (including phenoxy) is 5. The Morgan fingerprint density at radius 2 is 1.69 bits per heavy atom. The van der Waals surface area contributed by atoms with Crippen molar-refractivity contribution in [1.29, 1.82) is 5.26 Å². The van der Waals surface area contributed by atoms with Crippen LogP contribution >= 0.6 is 22.9 Å². The summed E-state index contributed by atoms with van der Waals surface area (Å²) in [4.78, 5) is 33.5. The second kappa shape index (κ2) is 15.4. The van der Waals surface area contributed by atoms with Crippen LogP contribution in [0.2, 0.25) is 5.02 Å². The maximum Gasteiger partial charge on any atom is 0.338 e. The maximum absolute atomic E-state index is 14.4. The van der Waals surface area contributed by atoms with Crippen LogP contribution in [0, 0.1) is 11.3 Å². The summed E-state index contributed by atoms with van der Waals surface area (Å²) in [5, 5.41) is 9.36. The van der Waals surface area contributed by atoms with E-state index in [9.17, 15) is 9.59 Å². The SMILES string of the molecule is CCOC(=O)C1=C(c2ccccc2)N=c2s/c(=C\c3cc(Cl)c(OCc4ccc(C#N)cc4)c(OC)c3)c(=O)n2[C@H]1c1ccc(OC)c(OC)c1. The Kier molecular flexibility index (Phi) is 10.6. The molecule has 10 nitrogen and oxygen atoms in total. The minimum absolute atomic E-state index is 0.128. The van der Waals surface area contributed by atoms with Crippen LogP contribution in [-0.2, 0) is 16.1 Å². The van der Waals surface area contributed by atoms with E-state index in [4.69, 9.17) is 45.5 Å². The summed E-state index contributed by atoms with van der Waals surface area (Å²) in [6.07, 6.45) is 1.70. The van der Waals surface area contributed by atoms with Crippen LogP contribution in [0.25, 0.3) is 11.8 Å². The average molecular weight is 722 g/mol. The van der Waals surface area contributed by atoms with Crippen molar-refractivity contribution in [3.05, 3.63) is 143 Å². The molecule has 4 aromatic carbocycles. The molecule has 258 valence electrons. The van der Waals surface area contributed by atoms with Crippen molar-refractivity contribution in [3.63, 3.8) is 0 Å². The molecular weight excluding hydrogens is 690 g/mol. The molecule has 1 aliphatic heterocycles. The molecule has 0 unspecified atom stereocenters. The van der Waals surface area contributed by atoms with Crippen LogP contribution in [0.15, 0.2) is 100 Å². The number of fused-ring (bicyclic) bond motifs is 1. The quantitative estimate of drug-likeness (QED) is 0.151. The Labute approximate surface area is 302 Å². The lowest BCUT2D eigenvalue weighted by atomic mass is 9.93. The molecule has 0 radical (unpaired) electrons. The average Bonchev–Trinajstić information content (AvgIpc) is 3.47. The number of nitriles is 1. The zero-order valence-corrected chi connectivity index (χ0v) is 29.7. The van der Waals surface area contributed by atoms with E-state index in [-0.39, 0.29) is 29.4 Å². The predicted octanol–water partition coefficient (Wildman–Crippen LogP) is 6.07. The lowest BCUT2D eigenvalue weighted by molar-refractivity contribution is -0.138. The van der Waals surface area contributed by atoms with E-state index in [1.165, 1.54) is 37.2 Å². The van der Waals surface area contributed by atoms with Gasteiger partial charge in [-0.15, -0.1) is 0 Å². The minimum atomic E-state index is -0.909. The molecule has 12 heteroatoms. The lowest BCUT2D eigenvalue weighted by Crippen LogP contribution is -2.40. The Morgan fingerprint density at radius 3 is 2.35 bits per heavy atom. The second-order valence-corrected chi connectivity index (χ2v) is 12.6. The number of rotatable bonds is 11. The first-order chi connectivity index (χ1) is 24.8. The summed E-state index contributed by atoms with van der Waals surface area (Å²) in [7, 11) is 4.56. The van der Waals surface area contributed by atoms with Crippen molar-refractivity contribution in [2.45, 2.75) is 19.6 Å². The van der Waals surface area contributed by atoms with Crippen molar-refractivity contribution in [2.75, 3.05) is 27.9 Å². The standard InChI is InChI=1S/C39H32ClN3O7S/c1-5-49-38(45)33-34(26-9-7-6-8-10-26)42-39-43(35(33)27-15-16-29(46-2)30(20-27)47-3)37(44)32(51-39)19-25-17-28(40)36(31(18-25)48-4)50-22-24-13-11-23(21-41)12-14-24/h6-20,35H,5,22H2,1-4H3/b32-19-/t35-/m0/s1. The number of nitrogens with zero attached hydrogens (tertiary/aromatic N) is 3. The first-order valence-corrected chi connectivity index (χ1v) is 17.0. The van der Waals surface area contributed by atoms with Gasteiger partial charge in [-0.1, -0.05) is 71.5 Å². The summed E-state index contributed by atoms with van der Waals surface area (Å²) < 4.78 is 30.1. The van der Waals surface area contributed by atoms with Crippen LogP contribution in [0.1, 0.15) is 40.8 Å². The van der Waals surface area contributed by atoms with Crippen molar-refractivity contribution in [1.82, 2.24) is 4.57 Å². The van der Waals surface area contributed by atoms with Gasteiger partial charge in [-0.2, -0.15) is 5.26 Å². The normalized spacial score (nSPS) is 13.9. The molecule has 0 saturated heterocycles. The van der Waals surface area contributed by atoms with Gasteiger partial charge in [-0.3, -0.25) is 9.36 Å². The first kappa shape index (κ1) is 35.0. The largest absolute Gasteiger partial charge is 0.493 e. The molecule has 0 fully saturated rings. The molecule has 0 amide bonds. The summed E-state index contributed by atoms with van der Waals surface area (Å²) in [5.74, 6) is 1.04. The van der Waals surface area contributed by atoms with Gasteiger partial charge in [0, 0.05) is 5.56 Å². The molecule has 0 aliphatic carbocycles.